The second-order valence-corrected chi connectivity index (χ2v) is 6.33. The number of carbonyl (C=O) groups is 1. The highest BCUT2D eigenvalue weighted by Crippen LogP contribution is 2.26. The largest absolute Gasteiger partial charge is 0.377 e. The van der Waals surface area contributed by atoms with Crippen LogP contribution in [0, 0.1) is 0 Å². The third-order valence-corrected chi connectivity index (χ3v) is 4.77. The first-order valence-corrected chi connectivity index (χ1v) is 7.98. The van der Waals surface area contributed by atoms with E-state index in [0.29, 0.717) is 18.6 Å². The first-order chi connectivity index (χ1) is 10.3. The minimum absolute atomic E-state index is 0.225. The quantitative estimate of drug-likeness (QED) is 0.831. The Hall–Kier alpha value is -1.40. The van der Waals surface area contributed by atoms with Crippen molar-refractivity contribution >= 4 is 11.6 Å². The number of hydrogen-bond donors (Lipinski definition) is 0. The first-order valence-electron chi connectivity index (χ1n) is 7.98. The maximum atomic E-state index is 11.7. The molecule has 6 nitrogen and oxygen atoms in total. The van der Waals surface area contributed by atoms with E-state index in [0.717, 1.165) is 44.9 Å². The third kappa shape index (κ3) is 2.58. The lowest BCUT2D eigenvalue weighted by Crippen LogP contribution is -2.50. The van der Waals surface area contributed by atoms with E-state index in [1.807, 2.05) is 22.0 Å². The summed E-state index contributed by atoms with van der Waals surface area (Å²) in [5, 5.41) is 4.45. The van der Waals surface area contributed by atoms with Crippen LogP contribution in [0.1, 0.15) is 31.7 Å². The molecule has 0 aliphatic carbocycles. The molecule has 21 heavy (non-hydrogen) atoms. The predicted molar refractivity (Wildman–Crippen MR) is 78.3 cm³/mol. The van der Waals surface area contributed by atoms with Crippen molar-refractivity contribution < 1.29 is 9.53 Å². The molecule has 1 aromatic heterocycles. The van der Waals surface area contributed by atoms with Crippen molar-refractivity contribution in [2.45, 2.75) is 37.8 Å². The molecular weight excluding hydrogens is 268 g/mol. The van der Waals surface area contributed by atoms with Crippen molar-refractivity contribution in [1.82, 2.24) is 14.7 Å². The van der Waals surface area contributed by atoms with Gasteiger partial charge >= 0.3 is 0 Å². The number of ether oxygens (including phenoxy) is 1. The Bertz CT molecular complexity index is 517. The molecule has 3 aliphatic heterocycles. The van der Waals surface area contributed by atoms with Crippen molar-refractivity contribution in [1.29, 1.82) is 0 Å². The highest BCUT2D eigenvalue weighted by Gasteiger charge is 2.32. The van der Waals surface area contributed by atoms with Crippen LogP contribution < -0.4 is 4.90 Å². The van der Waals surface area contributed by atoms with Crippen LogP contribution in [0.4, 0.5) is 5.69 Å². The fourth-order valence-corrected chi connectivity index (χ4v) is 3.52. The lowest BCUT2D eigenvalue weighted by atomic mass is 10.1. The van der Waals surface area contributed by atoms with Crippen molar-refractivity contribution in [3.63, 3.8) is 0 Å². The number of carbonyl (C=O) groups excluding carboxylic acids is 1. The Labute approximate surface area is 124 Å². The molecule has 3 aliphatic rings. The van der Waals surface area contributed by atoms with Gasteiger partial charge in [0.25, 0.3) is 0 Å². The zero-order chi connectivity index (χ0) is 14.2. The maximum absolute atomic E-state index is 11.7. The number of amides is 1. The Morgan fingerprint density at radius 2 is 2.24 bits per heavy atom. The second kappa shape index (κ2) is 5.42. The van der Waals surface area contributed by atoms with Gasteiger partial charge in [-0.2, -0.15) is 5.10 Å². The molecule has 1 atom stereocenters. The molecule has 3 fully saturated rings. The summed E-state index contributed by atoms with van der Waals surface area (Å²) >= 11 is 0. The van der Waals surface area contributed by atoms with Gasteiger partial charge in [-0.25, -0.2) is 0 Å². The molecule has 0 saturated carbocycles. The molecular formula is C15H22N4O2. The molecule has 0 N–H and O–H groups in total. The van der Waals surface area contributed by atoms with E-state index in [1.165, 1.54) is 12.8 Å². The fraction of sp³-hybridized carbons (Fsp3) is 0.733. The van der Waals surface area contributed by atoms with Crippen LogP contribution in [0.25, 0.3) is 0 Å². The molecule has 1 unspecified atom stereocenters. The molecule has 0 bridgehead atoms. The van der Waals surface area contributed by atoms with Gasteiger partial charge in [0.1, 0.15) is 0 Å². The Morgan fingerprint density at radius 3 is 2.95 bits per heavy atom. The third-order valence-electron chi connectivity index (χ3n) is 4.77. The zero-order valence-corrected chi connectivity index (χ0v) is 12.3. The predicted octanol–water partition coefficient (Wildman–Crippen LogP) is 1.05. The van der Waals surface area contributed by atoms with E-state index in [4.69, 9.17) is 4.74 Å². The maximum Gasteiger partial charge on any atom is 0.227 e. The molecule has 114 valence electrons. The van der Waals surface area contributed by atoms with Crippen LogP contribution in [0.5, 0.6) is 0 Å². The van der Waals surface area contributed by atoms with Crippen molar-refractivity contribution in [2.24, 2.45) is 0 Å². The highest BCUT2D eigenvalue weighted by atomic mass is 16.5. The normalized spacial score (nSPS) is 27.5. The van der Waals surface area contributed by atoms with Crippen LogP contribution in [0.2, 0.25) is 0 Å². The standard InChI is InChI=1S/C15H22N4O2/c20-15-4-1-5-18(15)12-7-16-19(10-12)13-8-17(9-13)11-14-3-2-6-21-14/h7,10,13-14H,1-6,8-9,11H2. The lowest BCUT2D eigenvalue weighted by Gasteiger charge is -2.40. The van der Waals surface area contributed by atoms with Gasteiger partial charge in [0.05, 0.1) is 24.0 Å². The van der Waals surface area contributed by atoms with Crippen LogP contribution >= 0.6 is 0 Å². The molecule has 0 radical (unpaired) electrons. The molecule has 4 heterocycles. The van der Waals surface area contributed by atoms with Gasteiger partial charge in [0, 0.05) is 45.4 Å². The molecule has 0 spiro atoms. The molecule has 4 rings (SSSR count). The average molecular weight is 290 g/mol. The minimum Gasteiger partial charge on any atom is -0.377 e. The van der Waals surface area contributed by atoms with Crippen LogP contribution in [-0.2, 0) is 9.53 Å². The summed E-state index contributed by atoms with van der Waals surface area (Å²) in [5.74, 6) is 0.225. The van der Waals surface area contributed by atoms with E-state index in [2.05, 4.69) is 10.00 Å². The monoisotopic (exact) mass is 290 g/mol. The summed E-state index contributed by atoms with van der Waals surface area (Å²) in [6.45, 7) is 4.88. The lowest BCUT2D eigenvalue weighted by molar-refractivity contribution is -0.117. The fourth-order valence-electron chi connectivity index (χ4n) is 3.52. The Balaban J connectivity index is 1.32. The van der Waals surface area contributed by atoms with Crippen molar-refractivity contribution in [3.8, 4) is 0 Å². The van der Waals surface area contributed by atoms with Gasteiger partial charge in [-0.15, -0.1) is 0 Å². The molecule has 6 heteroatoms. The van der Waals surface area contributed by atoms with Gasteiger partial charge in [-0.1, -0.05) is 0 Å². The average Bonchev–Trinajstić information content (AvgIpc) is 3.14. The smallest absolute Gasteiger partial charge is 0.227 e. The number of likely N-dealkylation sites (tertiary alicyclic amines) is 1. The van der Waals surface area contributed by atoms with Gasteiger partial charge in [0.15, 0.2) is 0 Å². The zero-order valence-electron chi connectivity index (χ0n) is 12.3. The highest BCUT2D eigenvalue weighted by molar-refractivity contribution is 5.95. The van der Waals surface area contributed by atoms with Gasteiger partial charge < -0.3 is 9.64 Å². The topological polar surface area (TPSA) is 50.6 Å². The van der Waals surface area contributed by atoms with Crippen molar-refractivity contribution in [3.05, 3.63) is 12.4 Å². The summed E-state index contributed by atoms with van der Waals surface area (Å²) < 4.78 is 7.70. The molecule has 1 aromatic rings. The Kier molecular flexibility index (Phi) is 3.43. The molecule has 0 aromatic carbocycles. The summed E-state index contributed by atoms with van der Waals surface area (Å²) in [5.41, 5.74) is 0.954. The van der Waals surface area contributed by atoms with E-state index < -0.39 is 0 Å². The van der Waals surface area contributed by atoms with Gasteiger partial charge in [-0.3, -0.25) is 14.4 Å². The van der Waals surface area contributed by atoms with Crippen LogP contribution in [0.15, 0.2) is 12.4 Å². The van der Waals surface area contributed by atoms with Crippen LogP contribution in [0.3, 0.4) is 0 Å². The van der Waals surface area contributed by atoms with Gasteiger partial charge in [0.2, 0.25) is 5.91 Å². The number of nitrogens with zero attached hydrogens (tertiary/aromatic N) is 4. The summed E-state index contributed by atoms with van der Waals surface area (Å²) in [6.07, 6.45) is 8.31. The first kappa shape index (κ1) is 13.3. The van der Waals surface area contributed by atoms with E-state index in [1.54, 1.807) is 0 Å². The number of anilines is 1. The Morgan fingerprint density at radius 1 is 1.33 bits per heavy atom. The summed E-state index contributed by atoms with van der Waals surface area (Å²) in [6, 6.07) is 0.442. The summed E-state index contributed by atoms with van der Waals surface area (Å²) in [4.78, 5) is 16.0. The molecule has 1 amide bonds. The van der Waals surface area contributed by atoms with Crippen LogP contribution in [-0.4, -0.2) is 59.5 Å². The number of rotatable bonds is 4. The van der Waals surface area contributed by atoms with Crippen molar-refractivity contribution in [2.75, 3.05) is 37.7 Å². The van der Waals surface area contributed by atoms with E-state index >= 15 is 0 Å². The van der Waals surface area contributed by atoms with E-state index in [-0.39, 0.29) is 5.91 Å². The molecule has 3 saturated heterocycles. The second-order valence-electron chi connectivity index (χ2n) is 6.33. The number of aromatic nitrogens is 2. The minimum atomic E-state index is 0.225. The van der Waals surface area contributed by atoms with Gasteiger partial charge in [-0.05, 0) is 19.3 Å². The summed E-state index contributed by atoms with van der Waals surface area (Å²) in [7, 11) is 0. The SMILES string of the molecule is O=C1CCCN1c1cnn(C2CN(CC3CCCO3)C2)c1. The van der Waals surface area contributed by atoms with E-state index in [9.17, 15) is 4.79 Å². The number of hydrogen-bond acceptors (Lipinski definition) is 4.